The summed E-state index contributed by atoms with van der Waals surface area (Å²) in [7, 11) is 0. The second-order valence-corrected chi connectivity index (χ2v) is 2.97. The lowest BCUT2D eigenvalue weighted by Gasteiger charge is -2.18. The van der Waals surface area contributed by atoms with E-state index in [1.807, 2.05) is 0 Å². The van der Waals surface area contributed by atoms with Gasteiger partial charge in [-0.05, 0) is 31.6 Å². The first-order valence-electron chi connectivity index (χ1n) is 5.54. The Morgan fingerprint density at radius 1 is 1.38 bits per heavy atom. The Hall–Kier alpha value is -1.06. The average Bonchev–Trinajstić information content (AvgIpc) is 2.15. The molecule has 2 atom stereocenters. The maximum Gasteiger partial charge on any atom is 0.115 e. The average molecular weight is 184 g/mol. The molecule has 0 aromatic heterocycles. The zero-order valence-corrected chi connectivity index (χ0v) is 7.36. The highest BCUT2D eigenvalue weighted by molar-refractivity contribution is 5.27. The summed E-state index contributed by atoms with van der Waals surface area (Å²) in [5.41, 5.74) is 0.557. The molecule has 0 aliphatic heterocycles. The highest BCUT2D eigenvalue weighted by Crippen LogP contribution is 2.19. The second kappa shape index (κ2) is 4.25. The molecule has 0 amide bonds. The van der Waals surface area contributed by atoms with Crippen LogP contribution in [0.1, 0.15) is 22.7 Å². The van der Waals surface area contributed by atoms with Crippen molar-refractivity contribution in [3.8, 4) is 5.75 Å². The van der Waals surface area contributed by atoms with Crippen molar-refractivity contribution in [2.75, 3.05) is 6.98 Å². The van der Waals surface area contributed by atoms with Crippen molar-refractivity contribution in [1.82, 2.24) is 5.32 Å². The van der Waals surface area contributed by atoms with Crippen LogP contribution in [0.15, 0.2) is 24.3 Å². The van der Waals surface area contributed by atoms with Crippen molar-refractivity contribution < 1.29 is 14.3 Å². The number of rotatable bonds is 3. The number of aliphatic hydroxyl groups is 1. The lowest BCUT2D eigenvalue weighted by Crippen LogP contribution is -2.28. The zero-order valence-electron chi connectivity index (χ0n) is 10.4. The number of phenols is 1. The molecule has 0 saturated carbocycles. The Morgan fingerprint density at radius 2 is 2.00 bits per heavy atom. The molecule has 0 spiro atoms. The van der Waals surface area contributed by atoms with Gasteiger partial charge in [0.05, 0.1) is 6.10 Å². The van der Waals surface area contributed by atoms with Gasteiger partial charge < -0.3 is 15.5 Å². The molecule has 0 aliphatic rings. The number of likely N-dealkylation sites (N-methyl/N-ethyl adjacent to an activating group) is 1. The predicted octanol–water partition coefficient (Wildman–Crippen LogP) is 1.03. The molecule has 72 valence electrons. The van der Waals surface area contributed by atoms with Gasteiger partial charge in [-0.15, -0.1) is 0 Å². The van der Waals surface area contributed by atoms with Crippen LogP contribution in [-0.2, 0) is 0 Å². The van der Waals surface area contributed by atoms with Crippen molar-refractivity contribution in [1.29, 1.82) is 0 Å². The van der Waals surface area contributed by atoms with Gasteiger partial charge >= 0.3 is 0 Å². The lowest BCUT2D eigenvalue weighted by atomic mass is 10.0. The Kier molecular flexibility index (Phi) is 2.10. The van der Waals surface area contributed by atoms with Crippen LogP contribution in [0.4, 0.5) is 0 Å². The van der Waals surface area contributed by atoms with Crippen LogP contribution in [0.5, 0.6) is 5.75 Å². The van der Waals surface area contributed by atoms with E-state index in [9.17, 15) is 5.11 Å². The molecule has 0 radical (unpaired) electrons. The number of hydrogen-bond donors (Lipinski definition) is 3. The van der Waals surface area contributed by atoms with E-state index in [0.29, 0.717) is 5.56 Å². The fraction of sp³-hybridized carbons (Fsp3) is 0.400. The van der Waals surface area contributed by atoms with Crippen LogP contribution in [0, 0.1) is 0 Å². The summed E-state index contributed by atoms with van der Waals surface area (Å²) in [6.45, 7) is -0.693. The van der Waals surface area contributed by atoms with Gasteiger partial charge in [-0.1, -0.05) is 12.1 Å². The Morgan fingerprint density at radius 3 is 2.54 bits per heavy atom. The molecule has 0 bridgehead atoms. The molecular formula is C10H15NO2. The zero-order chi connectivity index (χ0) is 12.3. The van der Waals surface area contributed by atoms with Crippen molar-refractivity contribution in [3.63, 3.8) is 0 Å². The van der Waals surface area contributed by atoms with Crippen molar-refractivity contribution in [3.05, 3.63) is 29.8 Å². The monoisotopic (exact) mass is 184 g/mol. The Bertz CT molecular complexity index is 337. The fourth-order valence-electron chi connectivity index (χ4n) is 1.04. The fourth-order valence-corrected chi connectivity index (χ4v) is 1.04. The van der Waals surface area contributed by atoms with Crippen molar-refractivity contribution >= 4 is 0 Å². The number of nitrogens with one attached hydrogen (secondary N) is 1. The van der Waals surface area contributed by atoms with Crippen LogP contribution in [0.2, 0.25) is 0 Å². The van der Waals surface area contributed by atoms with Crippen LogP contribution in [0.25, 0.3) is 0 Å². The minimum atomic E-state index is -2.28. The maximum atomic E-state index is 9.85. The largest absolute Gasteiger partial charge is 0.508 e. The molecule has 0 heterocycles. The van der Waals surface area contributed by atoms with Gasteiger partial charge in [-0.3, -0.25) is 0 Å². The third-order valence-electron chi connectivity index (χ3n) is 1.94. The maximum absolute atomic E-state index is 9.85. The van der Waals surface area contributed by atoms with Gasteiger partial charge in [0.2, 0.25) is 0 Å². The molecule has 0 unspecified atom stereocenters. The SMILES string of the molecule is [2H]C([2H])([2H])N[C@H](C)[C@@H](O)c1ccc(O)cc1. The minimum absolute atomic E-state index is 0.104. The van der Waals surface area contributed by atoms with E-state index in [2.05, 4.69) is 5.32 Å². The summed E-state index contributed by atoms with van der Waals surface area (Å²) in [6, 6.07) is 5.40. The summed E-state index contributed by atoms with van der Waals surface area (Å²) < 4.78 is 21.1. The molecule has 3 heteroatoms. The molecule has 1 aromatic rings. The number of aromatic hydroxyl groups is 1. The number of phenolic OH excluding ortho intramolecular Hbond substituents is 1. The van der Waals surface area contributed by atoms with Crippen LogP contribution in [-0.4, -0.2) is 23.2 Å². The van der Waals surface area contributed by atoms with E-state index in [0.717, 1.165) is 0 Å². The predicted molar refractivity (Wildman–Crippen MR) is 51.6 cm³/mol. The topological polar surface area (TPSA) is 52.5 Å². The summed E-state index contributed by atoms with van der Waals surface area (Å²) >= 11 is 0. The Balaban J connectivity index is 2.70. The smallest absolute Gasteiger partial charge is 0.115 e. The molecule has 1 aromatic carbocycles. The number of aliphatic hydroxyl groups excluding tert-OH is 1. The van der Waals surface area contributed by atoms with Crippen LogP contribution < -0.4 is 5.32 Å². The first-order chi connectivity index (χ1) is 7.29. The van der Waals surface area contributed by atoms with Crippen LogP contribution in [0.3, 0.4) is 0 Å². The summed E-state index contributed by atoms with van der Waals surface area (Å²) in [5, 5.41) is 21.2. The number of hydrogen-bond acceptors (Lipinski definition) is 3. The first-order valence-corrected chi connectivity index (χ1v) is 4.04. The Labute approximate surface area is 82.2 Å². The van der Waals surface area contributed by atoms with E-state index in [1.54, 1.807) is 19.1 Å². The minimum Gasteiger partial charge on any atom is -0.508 e. The molecule has 0 aliphatic carbocycles. The molecule has 0 saturated heterocycles. The third kappa shape index (κ3) is 2.44. The van der Waals surface area contributed by atoms with E-state index in [4.69, 9.17) is 9.22 Å². The van der Waals surface area contributed by atoms with E-state index < -0.39 is 19.1 Å². The van der Waals surface area contributed by atoms with Gasteiger partial charge in [0, 0.05) is 10.2 Å². The summed E-state index contributed by atoms with van der Waals surface area (Å²) in [4.78, 5) is 0. The first kappa shape index (κ1) is 6.40. The summed E-state index contributed by atoms with van der Waals surface area (Å²) in [5.74, 6) is 0.104. The van der Waals surface area contributed by atoms with Crippen LogP contribution >= 0.6 is 0 Å². The number of benzene rings is 1. The normalized spacial score (nSPS) is 19.7. The molecule has 3 N–H and O–H groups in total. The summed E-state index contributed by atoms with van der Waals surface area (Å²) in [6.07, 6.45) is -0.930. The third-order valence-corrected chi connectivity index (χ3v) is 1.94. The quantitative estimate of drug-likeness (QED) is 0.657. The molecule has 3 nitrogen and oxygen atoms in total. The van der Waals surface area contributed by atoms with Gasteiger partial charge in [-0.2, -0.15) is 0 Å². The van der Waals surface area contributed by atoms with E-state index in [1.165, 1.54) is 12.1 Å². The highest BCUT2D eigenvalue weighted by Gasteiger charge is 2.13. The van der Waals surface area contributed by atoms with Gasteiger partial charge in [-0.25, -0.2) is 0 Å². The van der Waals surface area contributed by atoms with Crippen molar-refractivity contribution in [2.24, 2.45) is 0 Å². The van der Waals surface area contributed by atoms with E-state index in [-0.39, 0.29) is 5.75 Å². The van der Waals surface area contributed by atoms with Gasteiger partial charge in [0.1, 0.15) is 5.75 Å². The van der Waals surface area contributed by atoms with Crippen molar-refractivity contribution in [2.45, 2.75) is 19.1 Å². The van der Waals surface area contributed by atoms with E-state index >= 15 is 0 Å². The van der Waals surface area contributed by atoms with Gasteiger partial charge in [0.15, 0.2) is 0 Å². The van der Waals surface area contributed by atoms with Gasteiger partial charge in [0.25, 0.3) is 0 Å². The second-order valence-electron chi connectivity index (χ2n) is 2.97. The standard InChI is InChI=1S/C10H15NO2/c1-7(11-2)10(13)8-3-5-9(12)6-4-8/h3-7,10-13H,1-2H3/t7-,10-/m1/s1/i2D3. The molecular weight excluding hydrogens is 166 g/mol. The highest BCUT2D eigenvalue weighted by atomic mass is 16.3. The molecule has 1 rings (SSSR count). The molecule has 13 heavy (non-hydrogen) atoms. The lowest BCUT2D eigenvalue weighted by molar-refractivity contribution is 0.140. The molecule has 0 fully saturated rings.